The first-order valence-electron chi connectivity index (χ1n) is 9.91. The van der Waals surface area contributed by atoms with E-state index < -0.39 is 0 Å². The predicted molar refractivity (Wildman–Crippen MR) is 112 cm³/mol. The maximum atomic E-state index is 12.1. The van der Waals surface area contributed by atoms with Crippen molar-refractivity contribution in [1.29, 1.82) is 0 Å². The average Bonchev–Trinajstić information content (AvgIpc) is 3.23. The second-order valence-electron chi connectivity index (χ2n) is 6.92. The lowest BCUT2D eigenvalue weighted by molar-refractivity contribution is -0.121. The highest BCUT2D eigenvalue weighted by Gasteiger charge is 2.16. The molecule has 0 radical (unpaired) electrons. The van der Waals surface area contributed by atoms with E-state index in [1.54, 1.807) is 0 Å². The molecule has 0 fully saturated rings. The molecule has 7 nitrogen and oxygen atoms in total. The molecule has 0 saturated carbocycles. The van der Waals surface area contributed by atoms with Gasteiger partial charge in [-0.15, -0.1) is 10.2 Å². The third-order valence-electron chi connectivity index (χ3n) is 4.67. The molecule has 1 aliphatic heterocycles. The van der Waals surface area contributed by atoms with E-state index in [0.717, 1.165) is 11.1 Å². The average molecular weight is 428 g/mol. The minimum absolute atomic E-state index is 0.0126. The number of fused-ring (bicyclic) bond motifs is 1. The summed E-state index contributed by atoms with van der Waals surface area (Å²) in [5.41, 5.74) is 1.87. The molecule has 8 heteroatoms. The fraction of sp³-hybridized carbons (Fsp3) is 0.318. The largest absolute Gasteiger partial charge is 0.486 e. The first-order chi connectivity index (χ1) is 14.7. The van der Waals surface area contributed by atoms with E-state index in [2.05, 4.69) is 15.5 Å². The number of amides is 1. The lowest BCUT2D eigenvalue weighted by atomic mass is 10.1. The Bertz CT molecular complexity index is 1010. The highest BCUT2D eigenvalue weighted by atomic mass is 35.5. The number of carbonyl (C=O) groups excluding carboxylic acids is 1. The van der Waals surface area contributed by atoms with Crippen molar-refractivity contribution in [1.82, 2.24) is 15.5 Å². The van der Waals surface area contributed by atoms with Crippen molar-refractivity contribution in [2.24, 2.45) is 0 Å². The number of aryl methyl sites for hydroxylation is 1. The lowest BCUT2D eigenvalue weighted by Gasteiger charge is -2.20. The Kier molecular flexibility index (Phi) is 6.49. The summed E-state index contributed by atoms with van der Waals surface area (Å²) in [6, 6.07) is 13.4. The van der Waals surface area contributed by atoms with Gasteiger partial charge in [0.1, 0.15) is 13.2 Å². The van der Waals surface area contributed by atoms with Gasteiger partial charge in [-0.25, -0.2) is 0 Å². The maximum absolute atomic E-state index is 12.1. The number of hydrogen-bond acceptors (Lipinski definition) is 6. The van der Waals surface area contributed by atoms with Crippen LogP contribution in [0.5, 0.6) is 11.5 Å². The molecule has 0 atom stereocenters. The van der Waals surface area contributed by atoms with Gasteiger partial charge in [-0.05, 0) is 42.7 Å². The van der Waals surface area contributed by atoms with Crippen LogP contribution in [0.2, 0.25) is 5.02 Å². The van der Waals surface area contributed by atoms with Crippen molar-refractivity contribution in [2.75, 3.05) is 19.8 Å². The number of hydrogen-bond donors (Lipinski definition) is 1. The zero-order chi connectivity index (χ0) is 20.8. The standard InChI is InChI=1S/C22H22ClN3O4/c23-17-13-15(14-18-21(17)29-12-11-28-18)9-10-24-19(27)7-4-8-20-25-26-22(30-20)16-5-2-1-3-6-16/h1-3,5-6,13-14H,4,7-12H2,(H,24,27). The summed E-state index contributed by atoms with van der Waals surface area (Å²) in [5, 5.41) is 11.6. The molecule has 1 aromatic heterocycles. The number of benzene rings is 2. The van der Waals surface area contributed by atoms with Gasteiger partial charge in [0.05, 0.1) is 5.02 Å². The van der Waals surface area contributed by atoms with Crippen LogP contribution in [0.4, 0.5) is 0 Å². The zero-order valence-corrected chi connectivity index (χ0v) is 17.2. The number of aromatic nitrogens is 2. The van der Waals surface area contributed by atoms with Crippen LogP contribution in [0, 0.1) is 0 Å². The summed E-state index contributed by atoms with van der Waals surface area (Å²) in [6.07, 6.45) is 2.25. The van der Waals surface area contributed by atoms with Gasteiger partial charge >= 0.3 is 0 Å². The number of nitrogens with zero attached hydrogens (tertiary/aromatic N) is 2. The van der Waals surface area contributed by atoms with Gasteiger partial charge in [0.2, 0.25) is 17.7 Å². The quantitative estimate of drug-likeness (QED) is 0.587. The van der Waals surface area contributed by atoms with Crippen LogP contribution >= 0.6 is 11.6 Å². The monoisotopic (exact) mass is 427 g/mol. The molecule has 1 aliphatic rings. The van der Waals surface area contributed by atoms with Gasteiger partial charge in [0.15, 0.2) is 11.5 Å². The van der Waals surface area contributed by atoms with Crippen molar-refractivity contribution in [3.05, 3.63) is 58.9 Å². The molecule has 156 valence electrons. The number of nitrogens with one attached hydrogen (secondary N) is 1. The van der Waals surface area contributed by atoms with Gasteiger partial charge in [-0.3, -0.25) is 4.79 Å². The van der Waals surface area contributed by atoms with Gasteiger partial charge in [-0.1, -0.05) is 29.8 Å². The summed E-state index contributed by atoms with van der Waals surface area (Å²) in [5.74, 6) is 2.26. The third-order valence-corrected chi connectivity index (χ3v) is 4.96. The second kappa shape index (κ2) is 9.63. The first-order valence-corrected chi connectivity index (χ1v) is 10.3. The Morgan fingerprint density at radius 1 is 1.07 bits per heavy atom. The first kappa shape index (κ1) is 20.2. The fourth-order valence-electron chi connectivity index (χ4n) is 3.20. The van der Waals surface area contributed by atoms with Crippen molar-refractivity contribution < 1.29 is 18.7 Å². The third kappa shape index (κ3) is 5.10. The highest BCUT2D eigenvalue weighted by molar-refractivity contribution is 6.32. The molecule has 1 N–H and O–H groups in total. The Balaban J connectivity index is 1.19. The summed E-state index contributed by atoms with van der Waals surface area (Å²) < 4.78 is 16.8. The Hall–Kier alpha value is -3.06. The smallest absolute Gasteiger partial charge is 0.247 e. The molecule has 4 rings (SSSR count). The minimum atomic E-state index is -0.0126. The second-order valence-corrected chi connectivity index (χ2v) is 7.33. The topological polar surface area (TPSA) is 86.5 Å². The normalized spacial score (nSPS) is 12.6. The lowest BCUT2D eigenvalue weighted by Crippen LogP contribution is -2.25. The molecule has 0 bridgehead atoms. The van der Waals surface area contributed by atoms with Crippen LogP contribution in [0.1, 0.15) is 24.3 Å². The SMILES string of the molecule is O=C(CCCc1nnc(-c2ccccc2)o1)NCCc1cc(Cl)c2c(c1)OCCO2. The van der Waals surface area contributed by atoms with E-state index in [1.165, 1.54) is 0 Å². The number of rotatable bonds is 8. The van der Waals surface area contributed by atoms with Crippen LogP contribution in [0.3, 0.4) is 0 Å². The Morgan fingerprint density at radius 2 is 1.90 bits per heavy atom. The molecule has 2 heterocycles. The van der Waals surface area contributed by atoms with Crippen molar-refractivity contribution in [3.63, 3.8) is 0 Å². The summed E-state index contributed by atoms with van der Waals surface area (Å²) in [6.45, 7) is 1.53. The van der Waals surface area contributed by atoms with E-state index in [0.29, 0.717) is 73.7 Å². The van der Waals surface area contributed by atoms with Crippen LogP contribution < -0.4 is 14.8 Å². The zero-order valence-electron chi connectivity index (χ0n) is 16.4. The van der Waals surface area contributed by atoms with Crippen LogP contribution in [0.25, 0.3) is 11.5 Å². The molecule has 0 spiro atoms. The van der Waals surface area contributed by atoms with Gasteiger partial charge in [0, 0.05) is 24.9 Å². The summed E-state index contributed by atoms with van der Waals surface area (Å²) >= 11 is 6.24. The van der Waals surface area contributed by atoms with Crippen molar-refractivity contribution >= 4 is 17.5 Å². The molecule has 2 aromatic carbocycles. The van der Waals surface area contributed by atoms with Crippen LogP contribution in [-0.4, -0.2) is 35.9 Å². The van der Waals surface area contributed by atoms with Crippen LogP contribution in [-0.2, 0) is 17.6 Å². The molecule has 3 aromatic rings. The van der Waals surface area contributed by atoms with E-state index in [4.69, 9.17) is 25.5 Å². The van der Waals surface area contributed by atoms with E-state index in [-0.39, 0.29) is 5.91 Å². The number of ether oxygens (including phenoxy) is 2. The van der Waals surface area contributed by atoms with Crippen LogP contribution in [0.15, 0.2) is 46.9 Å². The summed E-state index contributed by atoms with van der Waals surface area (Å²) in [4.78, 5) is 12.1. The van der Waals surface area contributed by atoms with E-state index in [9.17, 15) is 4.79 Å². The Labute approximate surface area is 179 Å². The molecule has 1 amide bonds. The minimum Gasteiger partial charge on any atom is -0.486 e. The highest BCUT2D eigenvalue weighted by Crippen LogP contribution is 2.38. The summed E-state index contributed by atoms with van der Waals surface area (Å²) in [7, 11) is 0. The number of halogens is 1. The van der Waals surface area contributed by atoms with E-state index >= 15 is 0 Å². The van der Waals surface area contributed by atoms with Crippen molar-refractivity contribution in [3.8, 4) is 23.0 Å². The number of carbonyl (C=O) groups is 1. The maximum Gasteiger partial charge on any atom is 0.247 e. The van der Waals surface area contributed by atoms with Gasteiger partial charge in [0.25, 0.3) is 0 Å². The molecular weight excluding hydrogens is 406 g/mol. The van der Waals surface area contributed by atoms with Crippen molar-refractivity contribution in [2.45, 2.75) is 25.7 Å². The fourth-order valence-corrected chi connectivity index (χ4v) is 3.48. The van der Waals surface area contributed by atoms with E-state index in [1.807, 2.05) is 42.5 Å². The molecule has 0 aliphatic carbocycles. The molecule has 0 unspecified atom stereocenters. The predicted octanol–water partition coefficient (Wildman–Crippen LogP) is 3.84. The van der Waals surface area contributed by atoms with Gasteiger partial charge < -0.3 is 19.2 Å². The van der Waals surface area contributed by atoms with Gasteiger partial charge in [-0.2, -0.15) is 0 Å². The Morgan fingerprint density at radius 3 is 2.77 bits per heavy atom. The molecular formula is C22H22ClN3O4. The molecule has 0 saturated heterocycles. The molecule has 30 heavy (non-hydrogen) atoms.